The number of nitrogens with zero attached hydrogens (tertiary/aromatic N) is 1. The third-order valence-electron chi connectivity index (χ3n) is 2.07. The van der Waals surface area contributed by atoms with Crippen molar-refractivity contribution in [2.45, 2.75) is 13.8 Å². The minimum absolute atomic E-state index is 0.0692. The van der Waals surface area contributed by atoms with Gasteiger partial charge in [-0.3, -0.25) is 13.8 Å². The van der Waals surface area contributed by atoms with E-state index >= 15 is 0 Å². The molecular formula is C11H25NO6P+. The van der Waals surface area contributed by atoms with E-state index in [4.69, 9.17) is 9.26 Å². The maximum Gasteiger partial charge on any atom is 0.472 e. The Morgan fingerprint density at radius 1 is 1.16 bits per heavy atom. The van der Waals surface area contributed by atoms with Gasteiger partial charge in [-0.2, -0.15) is 0 Å². The van der Waals surface area contributed by atoms with Crippen molar-refractivity contribution in [3.63, 3.8) is 0 Å². The van der Waals surface area contributed by atoms with E-state index in [0.717, 1.165) is 0 Å². The molecule has 7 nitrogen and oxygen atoms in total. The van der Waals surface area contributed by atoms with Crippen molar-refractivity contribution in [2.24, 2.45) is 5.92 Å². The second-order valence-electron chi connectivity index (χ2n) is 5.47. The van der Waals surface area contributed by atoms with Gasteiger partial charge in [-0.1, -0.05) is 13.8 Å². The monoisotopic (exact) mass is 298 g/mol. The first-order valence-electron chi connectivity index (χ1n) is 6.12. The summed E-state index contributed by atoms with van der Waals surface area (Å²) in [7, 11) is 1.76. The maximum absolute atomic E-state index is 11.4. The number of hydrogen-bond donors (Lipinski definition) is 1. The normalized spacial score (nSPS) is 15.3. The van der Waals surface area contributed by atoms with E-state index in [2.05, 4.69) is 4.52 Å². The zero-order valence-corrected chi connectivity index (χ0v) is 13.2. The van der Waals surface area contributed by atoms with Gasteiger partial charge in [0.2, 0.25) is 0 Å². The minimum atomic E-state index is -4.06. The SMILES string of the molecule is CC(C)C(=O)OCCOP(=O)(O)OCC[N+](C)(C)C. The van der Waals surface area contributed by atoms with Gasteiger partial charge in [0.05, 0.1) is 33.7 Å². The summed E-state index contributed by atoms with van der Waals surface area (Å²) in [4.78, 5) is 20.5. The Morgan fingerprint density at radius 3 is 2.16 bits per heavy atom. The molecule has 0 aliphatic rings. The van der Waals surface area contributed by atoms with Crippen LogP contribution in [0.2, 0.25) is 0 Å². The number of carbonyl (C=O) groups is 1. The Bertz CT molecular complexity index is 326. The molecule has 0 radical (unpaired) electrons. The van der Waals surface area contributed by atoms with Gasteiger partial charge in [0.1, 0.15) is 19.8 Å². The lowest BCUT2D eigenvalue weighted by Gasteiger charge is -2.24. The summed E-state index contributed by atoms with van der Waals surface area (Å²) in [6, 6.07) is 0. The van der Waals surface area contributed by atoms with E-state index in [1.807, 2.05) is 21.1 Å². The van der Waals surface area contributed by atoms with Gasteiger partial charge in [-0.05, 0) is 0 Å². The predicted molar refractivity (Wildman–Crippen MR) is 70.4 cm³/mol. The molecule has 0 aliphatic heterocycles. The molecule has 0 saturated heterocycles. The van der Waals surface area contributed by atoms with Crippen LogP contribution in [0.1, 0.15) is 13.8 Å². The number of likely N-dealkylation sites (N-methyl/N-ethyl adjacent to an activating group) is 1. The molecule has 0 spiro atoms. The highest BCUT2D eigenvalue weighted by Crippen LogP contribution is 2.42. The third kappa shape index (κ3) is 11.1. The molecule has 0 aromatic carbocycles. The van der Waals surface area contributed by atoms with E-state index in [-0.39, 0.29) is 31.7 Å². The van der Waals surface area contributed by atoms with Crippen LogP contribution in [0.5, 0.6) is 0 Å². The molecule has 0 rings (SSSR count). The summed E-state index contributed by atoms with van der Waals surface area (Å²) in [5.74, 6) is -0.607. The van der Waals surface area contributed by atoms with Crippen LogP contribution in [0.15, 0.2) is 0 Å². The molecule has 0 heterocycles. The molecule has 0 aromatic heterocycles. The van der Waals surface area contributed by atoms with Gasteiger partial charge < -0.3 is 14.1 Å². The molecular weight excluding hydrogens is 273 g/mol. The zero-order chi connectivity index (χ0) is 15.1. The van der Waals surface area contributed by atoms with Crippen molar-refractivity contribution in [3.05, 3.63) is 0 Å². The van der Waals surface area contributed by atoms with Crippen molar-refractivity contribution >= 4 is 13.8 Å². The summed E-state index contributed by atoms with van der Waals surface area (Å²) in [6.07, 6.45) is 0. The highest BCUT2D eigenvalue weighted by molar-refractivity contribution is 7.47. The summed E-state index contributed by atoms with van der Waals surface area (Å²) < 4.78 is 26.3. The Labute approximate surface area is 114 Å². The number of phosphoric ester groups is 1. The number of esters is 1. The summed E-state index contributed by atoms with van der Waals surface area (Å²) in [6.45, 7) is 3.86. The molecule has 114 valence electrons. The van der Waals surface area contributed by atoms with Gasteiger partial charge in [-0.15, -0.1) is 0 Å². The first-order chi connectivity index (χ1) is 8.53. The van der Waals surface area contributed by atoms with E-state index in [9.17, 15) is 14.3 Å². The zero-order valence-electron chi connectivity index (χ0n) is 12.3. The average molecular weight is 298 g/mol. The van der Waals surface area contributed by atoms with Gasteiger partial charge in [0, 0.05) is 0 Å². The van der Waals surface area contributed by atoms with Crippen LogP contribution in [0.3, 0.4) is 0 Å². The molecule has 1 unspecified atom stereocenters. The van der Waals surface area contributed by atoms with Gasteiger partial charge >= 0.3 is 13.8 Å². The Balaban J connectivity index is 3.80. The highest BCUT2D eigenvalue weighted by atomic mass is 31.2. The molecule has 0 bridgehead atoms. The first kappa shape index (κ1) is 18.5. The van der Waals surface area contributed by atoms with E-state index in [1.54, 1.807) is 13.8 Å². The fourth-order valence-corrected chi connectivity index (χ4v) is 1.62. The van der Waals surface area contributed by atoms with Gasteiger partial charge in [0.25, 0.3) is 0 Å². The Hall–Kier alpha value is -0.460. The van der Waals surface area contributed by atoms with Crippen LogP contribution in [-0.2, 0) is 23.1 Å². The van der Waals surface area contributed by atoms with Crippen molar-refractivity contribution in [1.82, 2.24) is 0 Å². The second-order valence-corrected chi connectivity index (χ2v) is 6.92. The number of phosphoric acid groups is 1. The van der Waals surface area contributed by atoms with Crippen LogP contribution in [-0.4, -0.2) is 62.9 Å². The Kier molecular flexibility index (Phi) is 7.78. The summed E-state index contributed by atoms with van der Waals surface area (Å²) in [5, 5.41) is 0. The quantitative estimate of drug-likeness (QED) is 0.296. The number of hydrogen-bond acceptors (Lipinski definition) is 5. The van der Waals surface area contributed by atoms with E-state index in [1.165, 1.54) is 0 Å². The van der Waals surface area contributed by atoms with Crippen LogP contribution >= 0.6 is 7.82 Å². The first-order valence-corrected chi connectivity index (χ1v) is 7.62. The number of quaternary nitrogens is 1. The second kappa shape index (κ2) is 7.97. The maximum atomic E-state index is 11.4. The Morgan fingerprint density at radius 2 is 1.68 bits per heavy atom. The van der Waals surface area contributed by atoms with Crippen LogP contribution in [0, 0.1) is 5.92 Å². The molecule has 19 heavy (non-hydrogen) atoms. The smallest absolute Gasteiger partial charge is 0.463 e. The standard InChI is InChI=1S/C11H24NO6P/c1-10(2)11(13)16-8-9-18-19(14,15)17-7-6-12(3,4)5/h10H,6-9H2,1-5H3/p+1. The minimum Gasteiger partial charge on any atom is -0.463 e. The molecule has 1 atom stereocenters. The summed E-state index contributed by atoms with van der Waals surface area (Å²) >= 11 is 0. The van der Waals surface area contributed by atoms with Crippen molar-refractivity contribution in [3.8, 4) is 0 Å². The van der Waals surface area contributed by atoms with Crippen molar-refractivity contribution in [2.75, 3.05) is 47.5 Å². The van der Waals surface area contributed by atoms with Crippen molar-refractivity contribution < 1.29 is 32.5 Å². The van der Waals surface area contributed by atoms with E-state index in [0.29, 0.717) is 11.0 Å². The molecule has 0 fully saturated rings. The lowest BCUT2D eigenvalue weighted by molar-refractivity contribution is -0.870. The van der Waals surface area contributed by atoms with Gasteiger partial charge in [-0.25, -0.2) is 4.57 Å². The molecule has 8 heteroatoms. The van der Waals surface area contributed by atoms with Gasteiger partial charge in [0.15, 0.2) is 0 Å². The molecule has 0 aliphatic carbocycles. The lowest BCUT2D eigenvalue weighted by Crippen LogP contribution is -2.37. The van der Waals surface area contributed by atoms with E-state index < -0.39 is 7.82 Å². The highest BCUT2D eigenvalue weighted by Gasteiger charge is 2.22. The summed E-state index contributed by atoms with van der Waals surface area (Å²) in [5.41, 5.74) is 0. The molecule has 0 aromatic rings. The fraction of sp³-hybridized carbons (Fsp3) is 0.909. The average Bonchev–Trinajstić information content (AvgIpc) is 2.21. The topological polar surface area (TPSA) is 82.1 Å². The van der Waals surface area contributed by atoms with Crippen LogP contribution < -0.4 is 0 Å². The van der Waals surface area contributed by atoms with Crippen molar-refractivity contribution in [1.29, 1.82) is 0 Å². The molecule has 0 saturated carbocycles. The van der Waals surface area contributed by atoms with Crippen LogP contribution in [0.4, 0.5) is 0 Å². The lowest BCUT2D eigenvalue weighted by atomic mass is 10.2. The number of ether oxygens (including phenoxy) is 1. The molecule has 0 amide bonds. The fourth-order valence-electron chi connectivity index (χ4n) is 0.929. The molecule has 1 N–H and O–H groups in total. The number of rotatable bonds is 9. The number of carbonyl (C=O) groups excluding carboxylic acids is 1. The van der Waals surface area contributed by atoms with Crippen LogP contribution in [0.25, 0.3) is 0 Å². The third-order valence-corrected chi connectivity index (χ3v) is 3.09. The largest absolute Gasteiger partial charge is 0.472 e. The predicted octanol–water partition coefficient (Wildman–Crippen LogP) is 1.03.